The van der Waals surface area contributed by atoms with E-state index in [4.69, 9.17) is 4.74 Å². The molecule has 0 spiro atoms. The zero-order valence-electron chi connectivity index (χ0n) is 16.3. The largest absolute Gasteiger partial charge is 0.453 e. The minimum atomic E-state index is -0.572. The van der Waals surface area contributed by atoms with Crippen molar-refractivity contribution in [2.45, 2.75) is 46.1 Å². The van der Waals surface area contributed by atoms with Crippen LogP contribution in [0.3, 0.4) is 0 Å². The van der Waals surface area contributed by atoms with Crippen molar-refractivity contribution in [2.24, 2.45) is 10.8 Å². The fourth-order valence-electron chi connectivity index (χ4n) is 3.81. The predicted octanol–water partition coefficient (Wildman–Crippen LogP) is 2.01. The number of alkyl carbamates (subject to hydrolysis) is 3. The molecule has 0 aromatic heterocycles. The van der Waals surface area contributed by atoms with Gasteiger partial charge in [0.25, 0.3) is 0 Å². The Morgan fingerprint density at radius 3 is 2.19 bits per heavy atom. The standard InChI is InChI=1S/C17H31N3O6/c1-16(2)8-12(9-17(3,10-16)11-19-14(22)25-5)20-15(23)26-7-6-18-13(21)24-4/h12H,6-11H2,1-5H3,(H,18,21)(H,19,22)(H,20,23). The minimum absolute atomic E-state index is 0.00911. The van der Waals surface area contributed by atoms with E-state index in [-0.39, 0.29) is 30.0 Å². The van der Waals surface area contributed by atoms with E-state index in [1.54, 1.807) is 0 Å². The zero-order chi connectivity index (χ0) is 19.8. The molecule has 0 aliphatic heterocycles. The van der Waals surface area contributed by atoms with Crippen molar-refractivity contribution in [3.05, 3.63) is 0 Å². The molecule has 26 heavy (non-hydrogen) atoms. The van der Waals surface area contributed by atoms with E-state index in [1.807, 2.05) is 0 Å². The van der Waals surface area contributed by atoms with Crippen LogP contribution in [-0.4, -0.2) is 58.2 Å². The Bertz CT molecular complexity index is 511. The number of ether oxygens (including phenoxy) is 3. The third-order valence-electron chi connectivity index (χ3n) is 4.40. The molecule has 1 rings (SSSR count). The summed E-state index contributed by atoms with van der Waals surface area (Å²) in [6.45, 7) is 7.07. The third kappa shape index (κ3) is 7.79. The van der Waals surface area contributed by atoms with Crippen LogP contribution >= 0.6 is 0 Å². The van der Waals surface area contributed by atoms with E-state index in [9.17, 15) is 14.4 Å². The molecule has 0 heterocycles. The lowest BCUT2D eigenvalue weighted by Crippen LogP contribution is -2.50. The Hall–Kier alpha value is -2.19. The van der Waals surface area contributed by atoms with E-state index in [0.29, 0.717) is 6.54 Å². The number of methoxy groups -OCH3 is 2. The molecule has 9 nitrogen and oxygen atoms in total. The van der Waals surface area contributed by atoms with Crippen LogP contribution in [0.4, 0.5) is 14.4 Å². The maximum absolute atomic E-state index is 12.0. The summed E-state index contributed by atoms with van der Waals surface area (Å²) in [6, 6.07) is -0.0655. The van der Waals surface area contributed by atoms with Gasteiger partial charge in [-0.1, -0.05) is 20.8 Å². The van der Waals surface area contributed by atoms with E-state index >= 15 is 0 Å². The highest BCUT2D eigenvalue weighted by Crippen LogP contribution is 2.45. The first-order valence-electron chi connectivity index (χ1n) is 8.66. The van der Waals surface area contributed by atoms with Gasteiger partial charge in [0, 0.05) is 12.6 Å². The molecule has 2 atom stereocenters. The average molecular weight is 373 g/mol. The van der Waals surface area contributed by atoms with Gasteiger partial charge in [0.15, 0.2) is 0 Å². The molecule has 2 unspecified atom stereocenters. The van der Waals surface area contributed by atoms with Gasteiger partial charge in [-0.25, -0.2) is 14.4 Å². The van der Waals surface area contributed by atoms with Crippen molar-refractivity contribution in [1.82, 2.24) is 16.0 Å². The van der Waals surface area contributed by atoms with Crippen LogP contribution in [0, 0.1) is 10.8 Å². The number of carbonyl (C=O) groups excluding carboxylic acids is 3. The maximum atomic E-state index is 12.0. The highest BCUT2D eigenvalue weighted by atomic mass is 16.6. The summed E-state index contributed by atoms with van der Waals surface area (Å²) < 4.78 is 14.1. The van der Waals surface area contributed by atoms with Crippen LogP contribution in [0.1, 0.15) is 40.0 Å². The number of hydrogen-bond acceptors (Lipinski definition) is 6. The van der Waals surface area contributed by atoms with Crippen LogP contribution in [0.25, 0.3) is 0 Å². The van der Waals surface area contributed by atoms with Crippen molar-refractivity contribution in [3.63, 3.8) is 0 Å². The van der Waals surface area contributed by atoms with Crippen LogP contribution in [0.5, 0.6) is 0 Å². The Labute approximate surface area is 154 Å². The van der Waals surface area contributed by atoms with Gasteiger partial charge in [-0.05, 0) is 30.1 Å². The molecule has 1 fully saturated rings. The molecule has 9 heteroatoms. The van der Waals surface area contributed by atoms with E-state index < -0.39 is 18.3 Å². The van der Waals surface area contributed by atoms with E-state index in [2.05, 4.69) is 46.2 Å². The molecule has 1 saturated carbocycles. The summed E-state index contributed by atoms with van der Waals surface area (Å²) in [5, 5.41) is 8.07. The number of rotatable bonds is 6. The monoisotopic (exact) mass is 373 g/mol. The topological polar surface area (TPSA) is 115 Å². The van der Waals surface area contributed by atoms with Gasteiger partial charge in [-0.15, -0.1) is 0 Å². The van der Waals surface area contributed by atoms with Gasteiger partial charge in [0.2, 0.25) is 0 Å². The van der Waals surface area contributed by atoms with Gasteiger partial charge in [-0.3, -0.25) is 0 Å². The molecule has 3 N–H and O–H groups in total. The van der Waals surface area contributed by atoms with E-state index in [0.717, 1.165) is 19.3 Å². The van der Waals surface area contributed by atoms with Crippen LogP contribution in [0.2, 0.25) is 0 Å². The molecular weight excluding hydrogens is 342 g/mol. The van der Waals surface area contributed by atoms with Crippen molar-refractivity contribution < 1.29 is 28.6 Å². The van der Waals surface area contributed by atoms with Crippen LogP contribution in [-0.2, 0) is 14.2 Å². The lowest BCUT2D eigenvalue weighted by atomic mass is 9.62. The Balaban J connectivity index is 2.50. The minimum Gasteiger partial charge on any atom is -0.453 e. The molecule has 3 amide bonds. The summed E-state index contributed by atoms with van der Waals surface area (Å²) >= 11 is 0. The SMILES string of the molecule is COC(=O)NCCOC(=O)NC1CC(C)(C)CC(C)(CNC(=O)OC)C1. The Kier molecular flexibility index (Phi) is 7.98. The molecule has 0 radical (unpaired) electrons. The predicted molar refractivity (Wildman–Crippen MR) is 94.8 cm³/mol. The molecule has 0 saturated heterocycles. The highest BCUT2D eigenvalue weighted by Gasteiger charge is 2.42. The molecule has 150 valence electrons. The summed E-state index contributed by atoms with van der Waals surface area (Å²) in [6.07, 6.45) is 0.892. The summed E-state index contributed by atoms with van der Waals surface area (Å²) in [4.78, 5) is 34.3. The van der Waals surface area contributed by atoms with E-state index in [1.165, 1.54) is 14.2 Å². The summed E-state index contributed by atoms with van der Waals surface area (Å²) in [5.74, 6) is 0. The van der Waals surface area contributed by atoms with Crippen molar-refractivity contribution in [1.29, 1.82) is 0 Å². The number of nitrogens with one attached hydrogen (secondary N) is 3. The molecule has 1 aliphatic rings. The number of hydrogen-bond donors (Lipinski definition) is 3. The Morgan fingerprint density at radius 2 is 1.58 bits per heavy atom. The number of carbonyl (C=O) groups is 3. The second-order valence-corrected chi connectivity index (χ2v) is 7.80. The summed E-state index contributed by atoms with van der Waals surface area (Å²) in [5.41, 5.74) is -0.157. The second kappa shape index (κ2) is 9.49. The number of amides is 3. The van der Waals surface area contributed by atoms with Gasteiger partial charge in [0.05, 0.1) is 20.8 Å². The van der Waals surface area contributed by atoms with Gasteiger partial charge in [-0.2, -0.15) is 0 Å². The first-order chi connectivity index (χ1) is 12.1. The molecule has 0 aromatic carbocycles. The lowest BCUT2D eigenvalue weighted by Gasteiger charge is -2.46. The first kappa shape index (κ1) is 21.9. The highest BCUT2D eigenvalue weighted by molar-refractivity contribution is 5.68. The van der Waals surface area contributed by atoms with Gasteiger partial charge in [0.1, 0.15) is 6.61 Å². The normalized spacial score (nSPS) is 24.1. The Morgan fingerprint density at radius 1 is 0.962 bits per heavy atom. The molecular formula is C17H31N3O6. The summed E-state index contributed by atoms with van der Waals surface area (Å²) in [7, 11) is 2.59. The van der Waals surface area contributed by atoms with Crippen LogP contribution in [0.15, 0.2) is 0 Å². The fourth-order valence-corrected chi connectivity index (χ4v) is 3.81. The zero-order valence-corrected chi connectivity index (χ0v) is 16.3. The molecule has 1 aliphatic carbocycles. The molecule has 0 aromatic rings. The maximum Gasteiger partial charge on any atom is 0.407 e. The second-order valence-electron chi connectivity index (χ2n) is 7.80. The fraction of sp³-hybridized carbons (Fsp3) is 0.824. The van der Waals surface area contributed by atoms with Crippen molar-refractivity contribution in [2.75, 3.05) is 33.9 Å². The van der Waals surface area contributed by atoms with Crippen LogP contribution < -0.4 is 16.0 Å². The van der Waals surface area contributed by atoms with Crippen molar-refractivity contribution >= 4 is 18.3 Å². The third-order valence-corrected chi connectivity index (χ3v) is 4.40. The van der Waals surface area contributed by atoms with Crippen molar-refractivity contribution in [3.8, 4) is 0 Å². The smallest absolute Gasteiger partial charge is 0.407 e. The molecule has 0 bridgehead atoms. The van der Waals surface area contributed by atoms with Gasteiger partial charge >= 0.3 is 18.3 Å². The quantitative estimate of drug-likeness (QED) is 0.485. The first-order valence-corrected chi connectivity index (χ1v) is 8.66. The lowest BCUT2D eigenvalue weighted by molar-refractivity contribution is 0.0638. The van der Waals surface area contributed by atoms with Gasteiger partial charge < -0.3 is 30.2 Å². The average Bonchev–Trinajstić information content (AvgIpc) is 2.54.